The Morgan fingerprint density at radius 2 is 1.69 bits per heavy atom. The maximum atomic E-state index is 14.7. The van der Waals surface area contributed by atoms with Crippen molar-refractivity contribution in [2.24, 2.45) is 5.84 Å². The number of fused-ring (bicyclic) bond motifs is 1. The van der Waals surface area contributed by atoms with Crippen LogP contribution in [0.4, 0.5) is 8.78 Å². The number of hydrazine groups is 1. The van der Waals surface area contributed by atoms with Gasteiger partial charge in [-0.25, -0.2) is 14.6 Å². The molecule has 0 saturated heterocycles. The van der Waals surface area contributed by atoms with Crippen molar-refractivity contribution in [1.29, 1.82) is 0 Å². The van der Waals surface area contributed by atoms with Gasteiger partial charge < -0.3 is 15.0 Å². The van der Waals surface area contributed by atoms with Crippen molar-refractivity contribution < 1.29 is 23.1 Å². The highest BCUT2D eigenvalue weighted by Crippen LogP contribution is 2.40. The van der Waals surface area contributed by atoms with E-state index in [4.69, 9.17) is 22.2 Å². The lowest BCUT2D eigenvalue weighted by Gasteiger charge is -2.37. The Kier molecular flexibility index (Phi) is 9.08. The number of amides is 2. The molecule has 3 aromatic carbocycles. The molecule has 1 aliphatic carbocycles. The first kappa shape index (κ1) is 29.9. The molecule has 1 heterocycles. The Morgan fingerprint density at radius 3 is 2.31 bits per heavy atom. The predicted molar refractivity (Wildman–Crippen MR) is 162 cm³/mol. The Labute approximate surface area is 251 Å². The fourth-order valence-corrected chi connectivity index (χ4v) is 7.08. The maximum Gasteiger partial charge on any atom is 0.266 e. The number of nitrogens with one attached hydrogen (secondary N) is 2. The largest absolute Gasteiger partial charge is 0.496 e. The lowest BCUT2D eigenvalue weighted by Crippen LogP contribution is -2.44. The molecule has 2 amide bonds. The van der Waals surface area contributed by atoms with Gasteiger partial charge in [-0.05, 0) is 80.3 Å². The normalized spacial score (nSPS) is 16.8. The lowest BCUT2D eigenvalue weighted by molar-refractivity contribution is 0.0604. The molecule has 0 aliphatic heterocycles. The molecule has 1 aromatic heterocycles. The summed E-state index contributed by atoms with van der Waals surface area (Å²) in [6, 6.07) is 15.0. The third kappa shape index (κ3) is 5.85. The van der Waals surface area contributed by atoms with Gasteiger partial charge in [0.05, 0.1) is 22.2 Å². The summed E-state index contributed by atoms with van der Waals surface area (Å²) in [7, 11) is 3.50. The van der Waals surface area contributed by atoms with E-state index in [0.29, 0.717) is 17.4 Å². The molecule has 0 unspecified atom stereocenters. The fourth-order valence-electron chi connectivity index (χ4n) is 5.57. The van der Waals surface area contributed by atoms with Crippen LogP contribution < -0.4 is 21.3 Å². The average molecular weight is 613 g/mol. The highest BCUT2D eigenvalue weighted by atomic mass is 35.5. The SMILES string of the molecule is CNC1CCC(N(Cc2cc(-c3ccc(C(=O)NN)cc3)ccc2OC)C(=O)c2sc3c(F)ccc(F)c3c2Cl)CC1. The van der Waals surface area contributed by atoms with Crippen LogP contribution >= 0.6 is 22.9 Å². The zero-order chi connectivity index (χ0) is 30.0. The molecule has 0 bridgehead atoms. The van der Waals surface area contributed by atoms with Gasteiger partial charge in [0.25, 0.3) is 11.8 Å². The molecular weight excluding hydrogens is 582 g/mol. The van der Waals surface area contributed by atoms with Crippen LogP contribution in [0, 0.1) is 11.6 Å². The molecule has 1 fully saturated rings. The standard InChI is InChI=1S/C31H31ClF2N4O3S/c1-36-21-8-10-22(11-9-21)38(31(40)29-27(32)26-23(33)12-13-24(34)28(26)42-29)16-20-15-19(7-14-25(20)41-2)17-3-5-18(6-4-17)30(39)37-35/h3-7,12-15,21-22,36H,8-11,16,35H2,1-2H3,(H,37,39). The number of thiophene rings is 1. The van der Waals surface area contributed by atoms with E-state index >= 15 is 0 Å². The highest BCUT2D eigenvalue weighted by Gasteiger charge is 2.33. The van der Waals surface area contributed by atoms with Crippen LogP contribution in [0.2, 0.25) is 5.02 Å². The Bertz CT molecular complexity index is 1620. The second-order valence-corrected chi connectivity index (χ2v) is 11.7. The van der Waals surface area contributed by atoms with Gasteiger partial charge in [-0.15, -0.1) is 11.3 Å². The van der Waals surface area contributed by atoms with Crippen molar-refractivity contribution in [2.75, 3.05) is 14.2 Å². The molecule has 42 heavy (non-hydrogen) atoms. The van der Waals surface area contributed by atoms with E-state index < -0.39 is 17.5 Å². The number of hydrogen-bond acceptors (Lipinski definition) is 6. The number of nitrogen functional groups attached to an aromatic ring is 1. The summed E-state index contributed by atoms with van der Waals surface area (Å²) in [5, 5.41) is 3.16. The minimum atomic E-state index is -0.669. The van der Waals surface area contributed by atoms with Gasteiger partial charge >= 0.3 is 0 Å². The fraction of sp³-hybridized carbons (Fsp3) is 0.290. The molecule has 11 heteroatoms. The minimum Gasteiger partial charge on any atom is -0.496 e. The van der Waals surface area contributed by atoms with Crippen LogP contribution in [0.1, 0.15) is 51.3 Å². The molecule has 4 aromatic rings. The quantitative estimate of drug-likeness (QED) is 0.124. The van der Waals surface area contributed by atoms with Crippen molar-refractivity contribution in [3.05, 3.63) is 87.3 Å². The van der Waals surface area contributed by atoms with Gasteiger partial charge in [-0.1, -0.05) is 29.8 Å². The van der Waals surface area contributed by atoms with E-state index in [1.807, 2.05) is 37.4 Å². The van der Waals surface area contributed by atoms with Gasteiger partial charge in [-0.3, -0.25) is 15.0 Å². The molecule has 220 valence electrons. The van der Waals surface area contributed by atoms with Gasteiger partial charge in [-0.2, -0.15) is 0 Å². The molecule has 0 atom stereocenters. The third-order valence-corrected chi connectivity index (χ3v) is 9.59. The molecule has 1 saturated carbocycles. The number of carbonyl (C=O) groups excluding carboxylic acids is 2. The van der Waals surface area contributed by atoms with Gasteiger partial charge in [0.1, 0.15) is 22.3 Å². The van der Waals surface area contributed by atoms with Crippen LogP contribution in [0.15, 0.2) is 54.6 Å². The number of ether oxygens (including phenoxy) is 1. The molecular formula is C31H31ClF2N4O3S. The zero-order valence-electron chi connectivity index (χ0n) is 23.2. The van der Waals surface area contributed by atoms with E-state index in [1.165, 1.54) is 0 Å². The first-order valence-electron chi connectivity index (χ1n) is 13.6. The second kappa shape index (κ2) is 12.7. The number of methoxy groups -OCH3 is 1. The molecule has 0 spiro atoms. The van der Waals surface area contributed by atoms with Gasteiger partial charge in [0.2, 0.25) is 0 Å². The van der Waals surface area contributed by atoms with Crippen LogP contribution in [-0.4, -0.2) is 43.0 Å². The van der Waals surface area contributed by atoms with Crippen LogP contribution in [-0.2, 0) is 6.54 Å². The summed E-state index contributed by atoms with van der Waals surface area (Å²) in [4.78, 5) is 27.9. The van der Waals surface area contributed by atoms with Crippen LogP contribution in [0.25, 0.3) is 21.2 Å². The molecule has 7 nitrogen and oxygen atoms in total. The molecule has 0 radical (unpaired) electrons. The Balaban J connectivity index is 1.53. The molecule has 1 aliphatic rings. The number of benzene rings is 3. The average Bonchev–Trinajstić information content (AvgIpc) is 3.39. The van der Waals surface area contributed by atoms with E-state index in [-0.39, 0.29) is 38.5 Å². The van der Waals surface area contributed by atoms with E-state index in [9.17, 15) is 18.4 Å². The number of carbonyl (C=O) groups is 2. The molecule has 4 N–H and O–H groups in total. The second-order valence-electron chi connectivity index (χ2n) is 10.3. The van der Waals surface area contributed by atoms with Crippen molar-refractivity contribution in [3.8, 4) is 16.9 Å². The number of nitrogens with zero attached hydrogens (tertiary/aromatic N) is 1. The van der Waals surface area contributed by atoms with E-state index in [0.717, 1.165) is 65.8 Å². The van der Waals surface area contributed by atoms with Crippen LogP contribution in [0.5, 0.6) is 5.75 Å². The van der Waals surface area contributed by atoms with Crippen molar-refractivity contribution in [3.63, 3.8) is 0 Å². The summed E-state index contributed by atoms with van der Waals surface area (Å²) in [5.41, 5.74) is 5.03. The Hall–Kier alpha value is -3.57. The maximum absolute atomic E-state index is 14.7. The number of rotatable bonds is 8. The summed E-state index contributed by atoms with van der Waals surface area (Å²) < 4.78 is 35.0. The number of nitrogens with two attached hydrogens (primary N) is 1. The van der Waals surface area contributed by atoms with Crippen molar-refractivity contribution in [1.82, 2.24) is 15.6 Å². The number of hydrogen-bond donors (Lipinski definition) is 3. The van der Waals surface area contributed by atoms with Gasteiger partial charge in [0, 0.05) is 29.8 Å². The smallest absolute Gasteiger partial charge is 0.266 e. The summed E-state index contributed by atoms with van der Waals surface area (Å²) in [6.45, 7) is 0.202. The first-order chi connectivity index (χ1) is 20.2. The van der Waals surface area contributed by atoms with Crippen LogP contribution in [0.3, 0.4) is 0 Å². The highest BCUT2D eigenvalue weighted by molar-refractivity contribution is 7.21. The molecule has 5 rings (SSSR count). The van der Waals surface area contributed by atoms with Crippen molar-refractivity contribution >= 4 is 44.8 Å². The summed E-state index contributed by atoms with van der Waals surface area (Å²) in [5.74, 6) is 3.78. The lowest BCUT2D eigenvalue weighted by atomic mass is 9.89. The topological polar surface area (TPSA) is 96.7 Å². The summed E-state index contributed by atoms with van der Waals surface area (Å²) >= 11 is 7.43. The number of halogens is 3. The van der Waals surface area contributed by atoms with E-state index in [1.54, 1.807) is 24.1 Å². The van der Waals surface area contributed by atoms with Gasteiger partial charge in [0.15, 0.2) is 0 Å². The monoisotopic (exact) mass is 612 g/mol. The van der Waals surface area contributed by atoms with Crippen molar-refractivity contribution in [2.45, 2.75) is 44.3 Å². The third-order valence-electron chi connectivity index (χ3n) is 7.92. The summed E-state index contributed by atoms with van der Waals surface area (Å²) in [6.07, 6.45) is 3.28. The Morgan fingerprint density at radius 1 is 1.02 bits per heavy atom. The van der Waals surface area contributed by atoms with E-state index in [2.05, 4.69) is 10.7 Å². The predicted octanol–water partition coefficient (Wildman–Crippen LogP) is 6.29. The minimum absolute atomic E-state index is 0.0218. The zero-order valence-corrected chi connectivity index (χ0v) is 24.8. The first-order valence-corrected chi connectivity index (χ1v) is 14.8.